The fourth-order valence-corrected chi connectivity index (χ4v) is 1.58. The van der Waals surface area contributed by atoms with Gasteiger partial charge in [0.2, 0.25) is 0 Å². The summed E-state index contributed by atoms with van der Waals surface area (Å²) in [6.07, 6.45) is 0. The van der Waals surface area contributed by atoms with Crippen LogP contribution >= 0.6 is 0 Å². The van der Waals surface area contributed by atoms with E-state index in [2.05, 4.69) is 15.8 Å². The summed E-state index contributed by atoms with van der Waals surface area (Å²) in [5.74, 6) is -0.993. The van der Waals surface area contributed by atoms with Crippen molar-refractivity contribution in [2.75, 3.05) is 0 Å². The Kier molecular flexibility index (Phi) is 4.18. The molecule has 7 heteroatoms. The van der Waals surface area contributed by atoms with E-state index in [9.17, 15) is 9.59 Å². The van der Waals surface area contributed by atoms with Crippen LogP contribution in [0, 0.1) is 6.92 Å². The lowest BCUT2D eigenvalue weighted by Gasteiger charge is -2.22. The summed E-state index contributed by atoms with van der Waals surface area (Å²) < 4.78 is 4.98. The van der Waals surface area contributed by atoms with Gasteiger partial charge in [-0.2, -0.15) is 0 Å². The van der Waals surface area contributed by atoms with Crippen LogP contribution in [-0.2, 0) is 0 Å². The highest BCUT2D eigenvalue weighted by atomic mass is 16.5. The number of amides is 2. The minimum absolute atomic E-state index is 0.0106. The van der Waals surface area contributed by atoms with Crippen molar-refractivity contribution >= 4 is 12.0 Å². The van der Waals surface area contributed by atoms with E-state index in [0.717, 1.165) is 0 Å². The van der Waals surface area contributed by atoms with Gasteiger partial charge in [-0.1, -0.05) is 5.16 Å². The monoisotopic (exact) mass is 269 g/mol. The van der Waals surface area contributed by atoms with E-state index >= 15 is 0 Å². The predicted molar refractivity (Wildman–Crippen MR) is 68.0 cm³/mol. The Morgan fingerprint density at radius 1 is 1.37 bits per heavy atom. The lowest BCUT2D eigenvalue weighted by atomic mass is 10.1. The van der Waals surface area contributed by atoms with Crippen LogP contribution in [0.25, 0.3) is 0 Å². The van der Waals surface area contributed by atoms with E-state index < -0.39 is 18.0 Å². The number of rotatable bonds is 3. The molecule has 0 aliphatic carbocycles. The van der Waals surface area contributed by atoms with Gasteiger partial charge in [-0.15, -0.1) is 0 Å². The summed E-state index contributed by atoms with van der Waals surface area (Å²) in [4.78, 5) is 22.8. The summed E-state index contributed by atoms with van der Waals surface area (Å²) in [6.45, 7) is 8.71. The first kappa shape index (κ1) is 15.0. The molecule has 0 aliphatic rings. The number of nitrogens with zero attached hydrogens (tertiary/aromatic N) is 1. The average molecular weight is 269 g/mol. The normalized spacial score (nSPS) is 12.9. The number of carboxylic acids is 1. The van der Waals surface area contributed by atoms with E-state index in [1.807, 2.05) is 20.8 Å². The fourth-order valence-electron chi connectivity index (χ4n) is 1.58. The molecule has 1 atom stereocenters. The van der Waals surface area contributed by atoms with Gasteiger partial charge in [-0.05, 0) is 34.6 Å². The molecule has 2 amide bonds. The molecule has 106 valence electrons. The Hall–Kier alpha value is -2.05. The fraction of sp³-hybridized carbons (Fsp3) is 0.583. The molecule has 1 heterocycles. The predicted octanol–water partition coefficient (Wildman–Crippen LogP) is 1.84. The van der Waals surface area contributed by atoms with Crippen LogP contribution in [0.3, 0.4) is 0 Å². The van der Waals surface area contributed by atoms with Crippen LogP contribution in [0.5, 0.6) is 0 Å². The molecule has 1 aromatic rings. The minimum Gasteiger partial charge on any atom is -0.477 e. The van der Waals surface area contributed by atoms with Gasteiger partial charge in [0.05, 0.1) is 11.7 Å². The van der Waals surface area contributed by atoms with Crippen molar-refractivity contribution in [1.29, 1.82) is 0 Å². The summed E-state index contributed by atoms with van der Waals surface area (Å²) in [6, 6.07) is -0.986. The summed E-state index contributed by atoms with van der Waals surface area (Å²) in [7, 11) is 0. The molecular weight excluding hydrogens is 250 g/mol. The van der Waals surface area contributed by atoms with E-state index in [4.69, 9.17) is 9.63 Å². The molecule has 0 saturated heterocycles. The standard InChI is InChI=1S/C12H19N3O4/c1-6-8(10(16)17)9(19-15-6)7(2)13-11(18)14-12(3,4)5/h7H,1-5H3,(H,16,17)(H2,13,14,18). The highest BCUT2D eigenvalue weighted by molar-refractivity contribution is 5.90. The number of hydrogen-bond donors (Lipinski definition) is 3. The summed E-state index contributed by atoms with van der Waals surface area (Å²) >= 11 is 0. The van der Waals surface area contributed by atoms with Crippen LogP contribution in [0.15, 0.2) is 4.52 Å². The Bertz CT molecular complexity index is 488. The van der Waals surface area contributed by atoms with Crippen LogP contribution in [0.4, 0.5) is 4.79 Å². The molecule has 3 N–H and O–H groups in total. The van der Waals surface area contributed by atoms with Gasteiger partial charge in [0.1, 0.15) is 5.56 Å². The molecule has 19 heavy (non-hydrogen) atoms. The molecular formula is C12H19N3O4. The SMILES string of the molecule is Cc1noc(C(C)NC(=O)NC(C)(C)C)c1C(=O)O. The second kappa shape index (κ2) is 5.29. The van der Waals surface area contributed by atoms with E-state index in [1.165, 1.54) is 0 Å². The van der Waals surface area contributed by atoms with Gasteiger partial charge in [0, 0.05) is 5.54 Å². The Morgan fingerprint density at radius 3 is 2.42 bits per heavy atom. The number of carbonyl (C=O) groups excluding carboxylic acids is 1. The largest absolute Gasteiger partial charge is 0.477 e. The number of aromatic nitrogens is 1. The molecule has 7 nitrogen and oxygen atoms in total. The maximum absolute atomic E-state index is 11.7. The van der Waals surface area contributed by atoms with Crippen LogP contribution < -0.4 is 10.6 Å². The molecule has 0 fully saturated rings. The van der Waals surface area contributed by atoms with Crippen molar-refractivity contribution in [2.24, 2.45) is 0 Å². The smallest absolute Gasteiger partial charge is 0.341 e. The van der Waals surface area contributed by atoms with Crippen molar-refractivity contribution in [3.8, 4) is 0 Å². The molecule has 1 aromatic heterocycles. The number of carboxylic acid groups (broad SMARTS) is 1. The quantitative estimate of drug-likeness (QED) is 0.776. The van der Waals surface area contributed by atoms with Crippen LogP contribution in [-0.4, -0.2) is 27.8 Å². The zero-order chi connectivity index (χ0) is 14.8. The van der Waals surface area contributed by atoms with Crippen molar-refractivity contribution in [1.82, 2.24) is 15.8 Å². The first-order valence-corrected chi connectivity index (χ1v) is 5.90. The maximum atomic E-state index is 11.7. The van der Waals surface area contributed by atoms with Gasteiger partial charge in [0.15, 0.2) is 5.76 Å². The van der Waals surface area contributed by atoms with Crippen molar-refractivity contribution in [3.63, 3.8) is 0 Å². The van der Waals surface area contributed by atoms with Gasteiger partial charge < -0.3 is 20.3 Å². The highest BCUT2D eigenvalue weighted by Gasteiger charge is 2.26. The van der Waals surface area contributed by atoms with E-state index in [1.54, 1.807) is 13.8 Å². The van der Waals surface area contributed by atoms with E-state index in [-0.39, 0.29) is 22.6 Å². The highest BCUT2D eigenvalue weighted by Crippen LogP contribution is 2.20. The van der Waals surface area contributed by atoms with Gasteiger partial charge >= 0.3 is 12.0 Å². The third-order valence-electron chi connectivity index (χ3n) is 2.33. The Balaban J connectivity index is 2.82. The second-order valence-electron chi connectivity index (χ2n) is 5.38. The lowest BCUT2D eigenvalue weighted by Crippen LogP contribution is -2.47. The van der Waals surface area contributed by atoms with Gasteiger partial charge in [-0.25, -0.2) is 9.59 Å². The molecule has 0 aromatic carbocycles. The first-order valence-electron chi connectivity index (χ1n) is 5.90. The van der Waals surface area contributed by atoms with E-state index in [0.29, 0.717) is 0 Å². The molecule has 0 saturated carbocycles. The average Bonchev–Trinajstić information content (AvgIpc) is 2.56. The molecule has 0 radical (unpaired) electrons. The van der Waals surface area contributed by atoms with Crippen molar-refractivity contribution < 1.29 is 19.2 Å². The number of aryl methyl sites for hydroxylation is 1. The Morgan fingerprint density at radius 2 is 1.95 bits per heavy atom. The molecule has 1 unspecified atom stereocenters. The van der Waals surface area contributed by atoms with Crippen LogP contribution in [0.2, 0.25) is 0 Å². The molecule has 0 spiro atoms. The van der Waals surface area contributed by atoms with Gasteiger partial charge in [-0.3, -0.25) is 0 Å². The second-order valence-corrected chi connectivity index (χ2v) is 5.38. The Labute approximate surface area is 111 Å². The van der Waals surface area contributed by atoms with Crippen molar-refractivity contribution in [3.05, 3.63) is 17.0 Å². The number of nitrogens with one attached hydrogen (secondary N) is 2. The lowest BCUT2D eigenvalue weighted by molar-refractivity contribution is 0.0692. The maximum Gasteiger partial charge on any atom is 0.341 e. The van der Waals surface area contributed by atoms with Crippen LogP contribution in [0.1, 0.15) is 55.5 Å². The third-order valence-corrected chi connectivity index (χ3v) is 2.33. The number of hydrogen-bond acceptors (Lipinski definition) is 4. The number of aromatic carboxylic acids is 1. The first-order chi connectivity index (χ1) is 8.61. The molecule has 0 bridgehead atoms. The van der Waals surface area contributed by atoms with Crippen molar-refractivity contribution in [2.45, 2.75) is 46.2 Å². The minimum atomic E-state index is -1.13. The summed E-state index contributed by atoms with van der Waals surface area (Å²) in [5.41, 5.74) is -0.104. The third kappa shape index (κ3) is 3.97. The molecule has 0 aliphatic heterocycles. The zero-order valence-corrected chi connectivity index (χ0v) is 11.7. The zero-order valence-electron chi connectivity index (χ0n) is 11.7. The summed E-state index contributed by atoms with van der Waals surface area (Å²) in [5, 5.41) is 18.0. The number of urea groups is 1. The molecule has 1 rings (SSSR count). The van der Waals surface area contributed by atoms with Gasteiger partial charge in [0.25, 0.3) is 0 Å². The topological polar surface area (TPSA) is 104 Å². The number of carbonyl (C=O) groups is 2.